The van der Waals surface area contributed by atoms with E-state index >= 15 is 0 Å². The number of halogens is 1. The minimum atomic E-state index is -0.822. The van der Waals surface area contributed by atoms with Gasteiger partial charge in [0.05, 0.1) is 24.4 Å². The first-order valence-corrected chi connectivity index (χ1v) is 9.24. The lowest BCUT2D eigenvalue weighted by Gasteiger charge is -2.18. The van der Waals surface area contributed by atoms with Crippen molar-refractivity contribution in [1.29, 1.82) is 5.26 Å². The highest BCUT2D eigenvalue weighted by Gasteiger charge is 2.25. The van der Waals surface area contributed by atoms with Crippen LogP contribution >= 0.6 is 0 Å². The third-order valence-electron chi connectivity index (χ3n) is 4.68. The Balaban J connectivity index is 2.31. The molecule has 0 amide bonds. The molecule has 0 spiro atoms. The maximum atomic E-state index is 14.2. The van der Waals surface area contributed by atoms with Crippen LogP contribution in [0.5, 0.6) is 0 Å². The molecular formula is C22H19FN4O3. The van der Waals surface area contributed by atoms with Crippen molar-refractivity contribution in [2.75, 3.05) is 0 Å². The Bertz CT molecular complexity index is 1300. The highest BCUT2D eigenvalue weighted by molar-refractivity contribution is 6.09. The number of nitrogens with zero attached hydrogens (tertiary/aromatic N) is 3. The number of H-pyrrole nitrogens is 1. The summed E-state index contributed by atoms with van der Waals surface area (Å²) in [5, 5.41) is 9.23. The first-order chi connectivity index (χ1) is 14.2. The van der Waals surface area contributed by atoms with Gasteiger partial charge in [-0.1, -0.05) is 13.8 Å². The fourth-order valence-electron chi connectivity index (χ4n) is 3.34. The Hall–Kier alpha value is -3.86. The predicted octanol–water partition coefficient (Wildman–Crippen LogP) is 2.65. The summed E-state index contributed by atoms with van der Waals surface area (Å²) in [7, 11) is 0. The van der Waals surface area contributed by atoms with E-state index in [1.807, 2.05) is 6.07 Å². The van der Waals surface area contributed by atoms with Crippen LogP contribution in [0.25, 0.3) is 0 Å². The van der Waals surface area contributed by atoms with E-state index in [2.05, 4.69) is 9.97 Å². The molecule has 3 aromatic rings. The Morgan fingerprint density at radius 1 is 1.30 bits per heavy atom. The molecule has 7 nitrogen and oxygen atoms in total. The molecule has 0 aliphatic carbocycles. The third-order valence-corrected chi connectivity index (χ3v) is 4.68. The summed E-state index contributed by atoms with van der Waals surface area (Å²) in [4.78, 5) is 44.6. The average Bonchev–Trinajstić information content (AvgIpc) is 2.69. The van der Waals surface area contributed by atoms with Gasteiger partial charge in [-0.25, -0.2) is 9.18 Å². The summed E-state index contributed by atoms with van der Waals surface area (Å²) in [5.74, 6) is -1.61. The summed E-state index contributed by atoms with van der Waals surface area (Å²) < 4.78 is 15.2. The molecule has 1 aromatic carbocycles. The van der Waals surface area contributed by atoms with Crippen LogP contribution in [0.2, 0.25) is 0 Å². The number of nitrogens with one attached hydrogen (secondary N) is 1. The number of aromatic amines is 1. The number of aryl methyl sites for hydroxylation is 1. The number of nitriles is 1. The first-order valence-electron chi connectivity index (χ1n) is 9.24. The Labute approximate surface area is 171 Å². The van der Waals surface area contributed by atoms with Crippen LogP contribution < -0.4 is 11.2 Å². The van der Waals surface area contributed by atoms with E-state index in [1.165, 1.54) is 18.3 Å². The Morgan fingerprint density at radius 3 is 2.67 bits per heavy atom. The Kier molecular flexibility index (Phi) is 5.74. The minimum absolute atomic E-state index is 0.120. The van der Waals surface area contributed by atoms with Crippen molar-refractivity contribution < 1.29 is 9.18 Å². The number of ketones is 1. The number of aromatic nitrogens is 3. The van der Waals surface area contributed by atoms with Gasteiger partial charge in [0.1, 0.15) is 11.5 Å². The van der Waals surface area contributed by atoms with Crippen LogP contribution in [-0.2, 0) is 6.54 Å². The van der Waals surface area contributed by atoms with Crippen molar-refractivity contribution >= 4 is 5.78 Å². The molecule has 152 valence electrons. The fourth-order valence-corrected chi connectivity index (χ4v) is 3.34. The van der Waals surface area contributed by atoms with Crippen molar-refractivity contribution in [1.82, 2.24) is 14.5 Å². The second-order valence-electron chi connectivity index (χ2n) is 7.26. The number of hydrogen-bond donors (Lipinski definition) is 1. The van der Waals surface area contributed by atoms with Gasteiger partial charge < -0.3 is 0 Å². The largest absolute Gasteiger partial charge is 0.329 e. The van der Waals surface area contributed by atoms with Gasteiger partial charge in [-0.05, 0) is 42.7 Å². The van der Waals surface area contributed by atoms with E-state index < -0.39 is 22.8 Å². The number of rotatable bonds is 5. The van der Waals surface area contributed by atoms with Crippen LogP contribution in [-0.4, -0.2) is 20.3 Å². The molecule has 2 heterocycles. The van der Waals surface area contributed by atoms with Gasteiger partial charge in [-0.2, -0.15) is 5.26 Å². The van der Waals surface area contributed by atoms with Crippen molar-refractivity contribution in [2.45, 2.75) is 33.2 Å². The molecule has 3 rings (SSSR count). The summed E-state index contributed by atoms with van der Waals surface area (Å²) in [6, 6.07) is 8.00. The summed E-state index contributed by atoms with van der Waals surface area (Å²) in [6.07, 6.45) is 2.39. The van der Waals surface area contributed by atoms with E-state index in [9.17, 15) is 24.0 Å². The number of benzene rings is 1. The maximum Gasteiger partial charge on any atom is 0.329 e. The number of hydrogen-bond acceptors (Lipinski definition) is 5. The van der Waals surface area contributed by atoms with Crippen LogP contribution in [0.3, 0.4) is 0 Å². The van der Waals surface area contributed by atoms with E-state index in [0.717, 1.165) is 10.8 Å². The van der Waals surface area contributed by atoms with Gasteiger partial charge in [0, 0.05) is 22.9 Å². The topological polar surface area (TPSA) is 109 Å². The molecule has 2 aromatic heterocycles. The normalized spacial score (nSPS) is 10.8. The van der Waals surface area contributed by atoms with Gasteiger partial charge in [-0.15, -0.1) is 0 Å². The molecule has 8 heteroatoms. The molecule has 1 N–H and O–H groups in total. The molecule has 0 radical (unpaired) electrons. The van der Waals surface area contributed by atoms with Crippen LogP contribution in [0.15, 0.2) is 46.2 Å². The van der Waals surface area contributed by atoms with Crippen LogP contribution in [0.4, 0.5) is 4.39 Å². The van der Waals surface area contributed by atoms with Gasteiger partial charge in [0.25, 0.3) is 5.56 Å². The molecule has 0 atom stereocenters. The predicted molar refractivity (Wildman–Crippen MR) is 108 cm³/mol. The lowest BCUT2D eigenvalue weighted by atomic mass is 9.95. The monoisotopic (exact) mass is 406 g/mol. The maximum absolute atomic E-state index is 14.2. The highest BCUT2D eigenvalue weighted by Crippen LogP contribution is 2.21. The van der Waals surface area contributed by atoms with Crippen molar-refractivity contribution in [3.8, 4) is 6.07 Å². The van der Waals surface area contributed by atoms with Crippen LogP contribution in [0.1, 0.15) is 58.1 Å². The molecular weight excluding hydrogens is 387 g/mol. The minimum Gasteiger partial charge on any atom is -0.287 e. The van der Waals surface area contributed by atoms with Crippen molar-refractivity contribution in [3.05, 3.63) is 96.8 Å². The summed E-state index contributed by atoms with van der Waals surface area (Å²) in [5.41, 5.74) is -0.216. The van der Waals surface area contributed by atoms with E-state index in [4.69, 9.17) is 0 Å². The molecule has 0 unspecified atom stereocenters. The van der Waals surface area contributed by atoms with Gasteiger partial charge >= 0.3 is 5.69 Å². The Morgan fingerprint density at radius 2 is 2.03 bits per heavy atom. The zero-order chi connectivity index (χ0) is 22.0. The van der Waals surface area contributed by atoms with Gasteiger partial charge in [-0.3, -0.25) is 24.1 Å². The molecule has 0 bridgehead atoms. The molecule has 0 aliphatic rings. The highest BCUT2D eigenvalue weighted by atomic mass is 19.1. The summed E-state index contributed by atoms with van der Waals surface area (Å²) in [6.45, 7) is 4.92. The van der Waals surface area contributed by atoms with Crippen LogP contribution in [0, 0.1) is 24.1 Å². The summed E-state index contributed by atoms with van der Waals surface area (Å²) >= 11 is 0. The van der Waals surface area contributed by atoms with Gasteiger partial charge in [0.2, 0.25) is 5.78 Å². The lowest BCUT2D eigenvalue weighted by Crippen LogP contribution is -2.38. The van der Waals surface area contributed by atoms with Gasteiger partial charge in [0.15, 0.2) is 0 Å². The second-order valence-corrected chi connectivity index (χ2v) is 7.26. The zero-order valence-electron chi connectivity index (χ0n) is 16.7. The second kappa shape index (κ2) is 8.25. The van der Waals surface area contributed by atoms with E-state index in [-0.39, 0.29) is 40.4 Å². The third kappa shape index (κ3) is 3.96. The SMILES string of the molecule is Cc1cc(C#N)cc(C(=O)c2c(C(C)C)c(=O)[nH]c(=O)n2Cc2ccncc2F)c1. The molecule has 30 heavy (non-hydrogen) atoms. The zero-order valence-corrected chi connectivity index (χ0v) is 16.7. The lowest BCUT2D eigenvalue weighted by molar-refractivity contribution is 0.102. The number of pyridine rings is 1. The average molecular weight is 406 g/mol. The first kappa shape index (κ1) is 20.9. The molecule has 0 saturated heterocycles. The van der Waals surface area contributed by atoms with Crippen molar-refractivity contribution in [2.24, 2.45) is 0 Å². The molecule has 0 aliphatic heterocycles. The van der Waals surface area contributed by atoms with E-state index in [1.54, 1.807) is 32.9 Å². The smallest absolute Gasteiger partial charge is 0.287 e. The van der Waals surface area contributed by atoms with E-state index in [0.29, 0.717) is 5.56 Å². The number of carbonyl (C=O) groups excluding carboxylic acids is 1. The standard InChI is InChI=1S/C22H19FN4O3/c1-12(2)18-19(20(28)16-7-13(3)6-14(8-16)9-24)27(22(30)26-21(18)29)11-15-4-5-25-10-17(15)23/h4-8,10,12H,11H2,1-3H3,(H,26,29,30). The molecule has 0 saturated carbocycles. The fraction of sp³-hybridized carbons (Fsp3) is 0.227. The quantitative estimate of drug-likeness (QED) is 0.655. The molecule has 0 fully saturated rings. The number of carbonyl (C=O) groups is 1. The van der Waals surface area contributed by atoms with Crippen molar-refractivity contribution in [3.63, 3.8) is 0 Å².